The van der Waals surface area contributed by atoms with Crippen LogP contribution in [-0.2, 0) is 18.2 Å². The summed E-state index contributed by atoms with van der Waals surface area (Å²) < 4.78 is 7.14. The maximum Gasteiger partial charge on any atom is 0.138 e. The van der Waals surface area contributed by atoms with Crippen LogP contribution in [0.2, 0.25) is 0 Å². The van der Waals surface area contributed by atoms with Gasteiger partial charge in [0.15, 0.2) is 0 Å². The van der Waals surface area contributed by atoms with Gasteiger partial charge in [0.05, 0.1) is 12.7 Å². The van der Waals surface area contributed by atoms with Crippen LogP contribution in [0.5, 0.6) is 0 Å². The molecule has 0 fully saturated rings. The molecular weight excluding hydrogens is 180 g/mol. The second-order valence-corrected chi connectivity index (χ2v) is 3.65. The normalized spacial score (nSPS) is 13.5. The second-order valence-electron chi connectivity index (χ2n) is 3.65. The van der Waals surface area contributed by atoms with Crippen molar-refractivity contribution < 1.29 is 4.74 Å². The van der Waals surface area contributed by atoms with Crippen LogP contribution in [0.15, 0.2) is 6.33 Å². The Bertz CT molecular complexity index is 272. The first kappa shape index (κ1) is 11.1. The molecule has 0 spiro atoms. The van der Waals surface area contributed by atoms with E-state index in [-0.39, 0.29) is 12.1 Å². The molecule has 1 heterocycles. The molecule has 2 N–H and O–H groups in total. The number of nitrogens with zero attached hydrogens (tertiary/aromatic N) is 3. The summed E-state index contributed by atoms with van der Waals surface area (Å²) in [5.74, 6) is 0.893. The molecule has 0 saturated carbocycles. The molecule has 5 nitrogen and oxygen atoms in total. The van der Waals surface area contributed by atoms with Crippen LogP contribution >= 0.6 is 0 Å². The minimum Gasteiger partial charge on any atom is -0.377 e. The molecule has 1 aromatic rings. The van der Waals surface area contributed by atoms with Crippen LogP contribution in [0, 0.1) is 0 Å². The van der Waals surface area contributed by atoms with Crippen molar-refractivity contribution in [3.63, 3.8) is 0 Å². The summed E-state index contributed by atoms with van der Waals surface area (Å²) in [6.07, 6.45) is 2.45. The van der Waals surface area contributed by atoms with E-state index >= 15 is 0 Å². The highest BCUT2D eigenvalue weighted by molar-refractivity contribution is 4.87. The smallest absolute Gasteiger partial charge is 0.138 e. The summed E-state index contributed by atoms with van der Waals surface area (Å²) >= 11 is 0. The molecule has 1 rings (SSSR count). The van der Waals surface area contributed by atoms with Crippen LogP contribution in [0.4, 0.5) is 0 Å². The van der Waals surface area contributed by atoms with Gasteiger partial charge in [-0.05, 0) is 13.8 Å². The van der Waals surface area contributed by atoms with E-state index in [1.165, 1.54) is 6.33 Å². The van der Waals surface area contributed by atoms with Crippen molar-refractivity contribution in [2.24, 2.45) is 12.8 Å². The highest BCUT2D eigenvalue weighted by atomic mass is 16.5. The highest BCUT2D eigenvalue weighted by Gasteiger charge is 2.09. The van der Waals surface area contributed by atoms with Crippen LogP contribution in [0.3, 0.4) is 0 Å². The molecule has 0 aliphatic heterocycles. The molecular formula is C9H18N4O. The maximum absolute atomic E-state index is 5.88. The Kier molecular flexibility index (Phi) is 4.03. The number of hydrogen-bond acceptors (Lipinski definition) is 4. The lowest BCUT2D eigenvalue weighted by Gasteiger charge is -2.13. The lowest BCUT2D eigenvalue weighted by molar-refractivity contribution is 0.0679. The summed E-state index contributed by atoms with van der Waals surface area (Å²) in [4.78, 5) is 4.10. The Balaban J connectivity index is 2.34. The van der Waals surface area contributed by atoms with E-state index in [0.717, 1.165) is 5.82 Å². The number of rotatable bonds is 5. The van der Waals surface area contributed by atoms with E-state index < -0.39 is 0 Å². The van der Waals surface area contributed by atoms with E-state index in [1.807, 2.05) is 20.9 Å². The Morgan fingerprint density at radius 3 is 2.79 bits per heavy atom. The summed E-state index contributed by atoms with van der Waals surface area (Å²) in [5.41, 5.74) is 5.88. The molecule has 0 aromatic carbocycles. The standard InChI is InChI=1S/C9H18N4O/c1-7(2)14-5-8(10)4-9-11-6-12-13(9)3/h6-8H,4-5,10H2,1-3H3. The minimum absolute atomic E-state index is 0.0136. The van der Waals surface area contributed by atoms with Crippen molar-refractivity contribution in [1.29, 1.82) is 0 Å². The molecule has 0 radical (unpaired) electrons. The summed E-state index contributed by atoms with van der Waals surface area (Å²) in [7, 11) is 1.86. The fourth-order valence-electron chi connectivity index (χ4n) is 1.11. The number of hydrogen-bond donors (Lipinski definition) is 1. The summed E-state index contributed by atoms with van der Waals surface area (Å²) in [5, 5.41) is 3.97. The summed E-state index contributed by atoms with van der Waals surface area (Å²) in [6.45, 7) is 4.55. The fourth-order valence-corrected chi connectivity index (χ4v) is 1.11. The predicted octanol–water partition coefficient (Wildman–Crippen LogP) is 0.110. The lowest BCUT2D eigenvalue weighted by atomic mass is 10.2. The quantitative estimate of drug-likeness (QED) is 0.729. The third kappa shape index (κ3) is 3.43. The van der Waals surface area contributed by atoms with E-state index in [2.05, 4.69) is 10.1 Å². The van der Waals surface area contributed by atoms with E-state index in [4.69, 9.17) is 10.5 Å². The van der Waals surface area contributed by atoms with Crippen molar-refractivity contribution in [3.05, 3.63) is 12.2 Å². The maximum atomic E-state index is 5.88. The van der Waals surface area contributed by atoms with Gasteiger partial charge in [0.25, 0.3) is 0 Å². The van der Waals surface area contributed by atoms with Gasteiger partial charge in [-0.3, -0.25) is 4.68 Å². The SMILES string of the molecule is CC(C)OCC(N)Cc1ncnn1C. The van der Waals surface area contributed by atoms with Crippen molar-refractivity contribution in [3.8, 4) is 0 Å². The molecule has 1 atom stereocenters. The highest BCUT2D eigenvalue weighted by Crippen LogP contribution is 1.98. The zero-order valence-corrected chi connectivity index (χ0v) is 8.97. The van der Waals surface area contributed by atoms with Gasteiger partial charge in [0.1, 0.15) is 12.2 Å². The first-order chi connectivity index (χ1) is 6.59. The molecule has 0 aliphatic carbocycles. The van der Waals surface area contributed by atoms with Crippen LogP contribution in [0.1, 0.15) is 19.7 Å². The Labute approximate surface area is 84.3 Å². The van der Waals surface area contributed by atoms with Crippen molar-refractivity contribution in [2.75, 3.05) is 6.61 Å². The average molecular weight is 198 g/mol. The molecule has 5 heteroatoms. The fraction of sp³-hybridized carbons (Fsp3) is 0.778. The summed E-state index contributed by atoms with van der Waals surface area (Å²) in [6, 6.07) is -0.0136. The predicted molar refractivity (Wildman–Crippen MR) is 53.8 cm³/mol. The Morgan fingerprint density at radius 2 is 2.29 bits per heavy atom. The molecule has 0 amide bonds. The van der Waals surface area contributed by atoms with E-state index in [1.54, 1.807) is 4.68 Å². The van der Waals surface area contributed by atoms with Crippen molar-refractivity contribution in [2.45, 2.75) is 32.4 Å². The molecule has 1 aromatic heterocycles. The number of nitrogens with two attached hydrogens (primary N) is 1. The van der Waals surface area contributed by atoms with Crippen LogP contribution in [0.25, 0.3) is 0 Å². The topological polar surface area (TPSA) is 66.0 Å². The largest absolute Gasteiger partial charge is 0.377 e. The lowest BCUT2D eigenvalue weighted by Crippen LogP contribution is -2.31. The van der Waals surface area contributed by atoms with Crippen LogP contribution in [-0.4, -0.2) is 33.5 Å². The van der Waals surface area contributed by atoms with Crippen molar-refractivity contribution >= 4 is 0 Å². The van der Waals surface area contributed by atoms with Crippen LogP contribution < -0.4 is 5.73 Å². The molecule has 0 bridgehead atoms. The monoisotopic (exact) mass is 198 g/mol. The number of aromatic nitrogens is 3. The first-order valence-corrected chi connectivity index (χ1v) is 4.79. The third-order valence-electron chi connectivity index (χ3n) is 1.89. The first-order valence-electron chi connectivity index (χ1n) is 4.79. The molecule has 80 valence electrons. The Morgan fingerprint density at radius 1 is 1.57 bits per heavy atom. The van der Waals surface area contributed by atoms with Gasteiger partial charge in [-0.15, -0.1) is 0 Å². The third-order valence-corrected chi connectivity index (χ3v) is 1.89. The molecule has 0 saturated heterocycles. The van der Waals surface area contributed by atoms with Gasteiger partial charge < -0.3 is 10.5 Å². The van der Waals surface area contributed by atoms with Gasteiger partial charge >= 0.3 is 0 Å². The average Bonchev–Trinajstić information content (AvgIpc) is 2.49. The van der Waals surface area contributed by atoms with Gasteiger partial charge in [0, 0.05) is 19.5 Å². The van der Waals surface area contributed by atoms with E-state index in [9.17, 15) is 0 Å². The minimum atomic E-state index is -0.0136. The molecule has 14 heavy (non-hydrogen) atoms. The van der Waals surface area contributed by atoms with Gasteiger partial charge in [-0.1, -0.05) is 0 Å². The van der Waals surface area contributed by atoms with E-state index in [0.29, 0.717) is 13.0 Å². The van der Waals surface area contributed by atoms with Gasteiger partial charge in [-0.2, -0.15) is 5.10 Å². The van der Waals surface area contributed by atoms with Crippen molar-refractivity contribution in [1.82, 2.24) is 14.8 Å². The zero-order valence-electron chi connectivity index (χ0n) is 8.97. The van der Waals surface area contributed by atoms with Gasteiger partial charge in [0.2, 0.25) is 0 Å². The zero-order chi connectivity index (χ0) is 10.6. The second kappa shape index (κ2) is 5.07. The van der Waals surface area contributed by atoms with Gasteiger partial charge in [-0.25, -0.2) is 4.98 Å². The number of ether oxygens (including phenoxy) is 1. The molecule has 0 aliphatic rings. The number of aryl methyl sites for hydroxylation is 1. The Hall–Kier alpha value is -0.940. The molecule has 1 unspecified atom stereocenters.